The van der Waals surface area contributed by atoms with Gasteiger partial charge in [0.15, 0.2) is 0 Å². The van der Waals surface area contributed by atoms with Crippen molar-refractivity contribution in [3.05, 3.63) is 35.4 Å². The highest BCUT2D eigenvalue weighted by Crippen LogP contribution is 2.10. The predicted molar refractivity (Wildman–Crippen MR) is 63.2 cm³/mol. The molecule has 0 unspecified atom stereocenters. The van der Waals surface area contributed by atoms with Gasteiger partial charge in [-0.3, -0.25) is 4.79 Å². The molecule has 6 nitrogen and oxygen atoms in total. The maximum absolute atomic E-state index is 11.7. The van der Waals surface area contributed by atoms with Gasteiger partial charge in [0.2, 0.25) is 0 Å². The number of aliphatic hydroxyl groups is 2. The minimum atomic E-state index is -0.668. The molecule has 18 heavy (non-hydrogen) atoms. The summed E-state index contributed by atoms with van der Waals surface area (Å²) in [6.07, 6.45) is 0. The van der Waals surface area contributed by atoms with Crippen molar-refractivity contribution in [3.63, 3.8) is 0 Å². The van der Waals surface area contributed by atoms with Gasteiger partial charge in [0.25, 0.3) is 5.91 Å². The molecular weight excluding hydrogens is 238 g/mol. The molecule has 6 heteroatoms. The molecule has 0 saturated carbocycles. The first kappa shape index (κ1) is 14.1. The van der Waals surface area contributed by atoms with E-state index >= 15 is 0 Å². The molecule has 0 aromatic heterocycles. The fourth-order valence-corrected chi connectivity index (χ4v) is 1.34. The number of esters is 1. The van der Waals surface area contributed by atoms with Crippen LogP contribution in [0.5, 0.6) is 0 Å². The topological polar surface area (TPSA) is 95.9 Å². The van der Waals surface area contributed by atoms with Gasteiger partial charge in [-0.2, -0.15) is 0 Å². The van der Waals surface area contributed by atoms with Gasteiger partial charge in [-0.15, -0.1) is 0 Å². The number of hydrogen-bond acceptors (Lipinski definition) is 5. The van der Waals surface area contributed by atoms with Crippen molar-refractivity contribution in [2.24, 2.45) is 0 Å². The Labute approximate surface area is 104 Å². The summed E-state index contributed by atoms with van der Waals surface area (Å²) in [5.41, 5.74) is 0.301. The van der Waals surface area contributed by atoms with E-state index in [2.05, 4.69) is 5.32 Å². The van der Waals surface area contributed by atoms with E-state index in [1.54, 1.807) is 12.1 Å². The zero-order valence-electron chi connectivity index (χ0n) is 9.76. The summed E-state index contributed by atoms with van der Waals surface area (Å²) in [7, 11) is 0. The van der Waals surface area contributed by atoms with Crippen LogP contribution in [0.15, 0.2) is 24.3 Å². The molecule has 0 saturated heterocycles. The van der Waals surface area contributed by atoms with E-state index in [0.717, 1.165) is 0 Å². The van der Waals surface area contributed by atoms with Crippen LogP contribution in [0.1, 0.15) is 20.7 Å². The Morgan fingerprint density at radius 2 is 1.78 bits per heavy atom. The van der Waals surface area contributed by atoms with Gasteiger partial charge >= 0.3 is 5.97 Å². The SMILES string of the molecule is O=C(NCCO)c1ccccc1C(=O)OCCO. The first-order valence-corrected chi connectivity index (χ1v) is 5.46. The third kappa shape index (κ3) is 3.83. The maximum Gasteiger partial charge on any atom is 0.339 e. The van der Waals surface area contributed by atoms with Crippen molar-refractivity contribution in [2.75, 3.05) is 26.4 Å². The summed E-state index contributed by atoms with van der Waals surface area (Å²) in [4.78, 5) is 23.4. The Balaban J connectivity index is 2.85. The van der Waals surface area contributed by atoms with Crippen LogP contribution in [0.4, 0.5) is 0 Å². The van der Waals surface area contributed by atoms with Crippen molar-refractivity contribution in [1.29, 1.82) is 0 Å². The molecule has 1 aromatic rings. The number of nitrogens with one attached hydrogen (secondary N) is 1. The van der Waals surface area contributed by atoms with Gasteiger partial charge in [-0.25, -0.2) is 4.79 Å². The molecule has 98 valence electrons. The number of benzene rings is 1. The number of ether oxygens (including phenoxy) is 1. The predicted octanol–water partition coefficient (Wildman–Crippen LogP) is -0.442. The number of rotatable bonds is 6. The second kappa shape index (κ2) is 7.41. The first-order valence-electron chi connectivity index (χ1n) is 5.46. The van der Waals surface area contributed by atoms with Gasteiger partial charge in [-0.1, -0.05) is 12.1 Å². The third-order valence-electron chi connectivity index (χ3n) is 2.11. The van der Waals surface area contributed by atoms with E-state index in [0.29, 0.717) is 0 Å². The third-order valence-corrected chi connectivity index (χ3v) is 2.11. The number of carbonyl (C=O) groups excluding carboxylic acids is 2. The molecule has 1 rings (SSSR count). The Hall–Kier alpha value is -1.92. The van der Waals surface area contributed by atoms with Crippen molar-refractivity contribution in [1.82, 2.24) is 5.32 Å². The summed E-state index contributed by atoms with van der Waals surface area (Å²) >= 11 is 0. The maximum atomic E-state index is 11.7. The lowest BCUT2D eigenvalue weighted by Gasteiger charge is -2.08. The summed E-state index contributed by atoms with van der Waals surface area (Å²) in [5, 5.41) is 19.6. The van der Waals surface area contributed by atoms with Crippen LogP contribution in [0.25, 0.3) is 0 Å². The molecule has 0 fully saturated rings. The molecular formula is C12H15NO5. The standard InChI is InChI=1S/C12H15NO5/c14-6-5-13-11(16)9-3-1-2-4-10(9)12(17)18-8-7-15/h1-4,14-15H,5-8H2,(H,13,16). The van der Waals surface area contributed by atoms with Crippen molar-refractivity contribution in [3.8, 4) is 0 Å². The monoisotopic (exact) mass is 253 g/mol. The van der Waals surface area contributed by atoms with E-state index in [1.807, 2.05) is 0 Å². The molecule has 0 atom stereocenters. The molecule has 0 heterocycles. The number of carbonyl (C=O) groups is 2. The minimum absolute atomic E-state index is 0.110. The lowest BCUT2D eigenvalue weighted by molar-refractivity contribution is 0.0431. The van der Waals surface area contributed by atoms with E-state index in [9.17, 15) is 9.59 Å². The van der Waals surface area contributed by atoms with E-state index in [1.165, 1.54) is 12.1 Å². The smallest absolute Gasteiger partial charge is 0.339 e. The van der Waals surface area contributed by atoms with Gasteiger partial charge in [0.05, 0.1) is 24.3 Å². The molecule has 0 aliphatic rings. The highest BCUT2D eigenvalue weighted by atomic mass is 16.5. The Morgan fingerprint density at radius 3 is 2.39 bits per heavy atom. The molecule has 0 aliphatic heterocycles. The molecule has 0 spiro atoms. The second-order valence-electron chi connectivity index (χ2n) is 3.38. The van der Waals surface area contributed by atoms with Crippen molar-refractivity contribution < 1.29 is 24.5 Å². The van der Waals surface area contributed by atoms with Crippen LogP contribution in [0.2, 0.25) is 0 Å². The summed E-state index contributed by atoms with van der Waals surface area (Å²) < 4.78 is 4.75. The highest BCUT2D eigenvalue weighted by molar-refractivity contribution is 6.05. The lowest BCUT2D eigenvalue weighted by atomic mass is 10.1. The Kier molecular flexibility index (Phi) is 5.83. The fraction of sp³-hybridized carbons (Fsp3) is 0.333. The molecule has 0 radical (unpaired) electrons. The first-order chi connectivity index (χ1) is 8.70. The Morgan fingerprint density at radius 1 is 1.11 bits per heavy atom. The molecule has 0 bridgehead atoms. The minimum Gasteiger partial charge on any atom is -0.460 e. The summed E-state index contributed by atoms with van der Waals surface area (Å²) in [6.45, 7) is -0.461. The van der Waals surface area contributed by atoms with Crippen molar-refractivity contribution in [2.45, 2.75) is 0 Å². The quantitative estimate of drug-likeness (QED) is 0.597. The van der Waals surface area contributed by atoms with Crippen LogP contribution in [-0.4, -0.2) is 48.5 Å². The van der Waals surface area contributed by atoms with Gasteiger partial charge < -0.3 is 20.3 Å². The normalized spacial score (nSPS) is 9.89. The highest BCUT2D eigenvalue weighted by Gasteiger charge is 2.17. The molecule has 1 amide bonds. The second-order valence-corrected chi connectivity index (χ2v) is 3.38. The summed E-state index contributed by atoms with van der Waals surface area (Å²) in [6, 6.07) is 6.19. The molecule has 1 aromatic carbocycles. The van der Waals surface area contributed by atoms with Crippen LogP contribution in [0.3, 0.4) is 0 Å². The van der Waals surface area contributed by atoms with Crippen LogP contribution in [-0.2, 0) is 4.74 Å². The average molecular weight is 253 g/mol. The fourth-order valence-electron chi connectivity index (χ4n) is 1.34. The van der Waals surface area contributed by atoms with Gasteiger partial charge in [0, 0.05) is 6.54 Å². The van der Waals surface area contributed by atoms with Crippen LogP contribution < -0.4 is 5.32 Å². The van der Waals surface area contributed by atoms with E-state index in [-0.39, 0.29) is 37.5 Å². The average Bonchev–Trinajstić information content (AvgIpc) is 2.42. The zero-order chi connectivity index (χ0) is 13.4. The van der Waals surface area contributed by atoms with Crippen molar-refractivity contribution >= 4 is 11.9 Å². The number of aliphatic hydroxyl groups excluding tert-OH is 2. The van der Waals surface area contributed by atoms with Crippen LogP contribution >= 0.6 is 0 Å². The Bertz CT molecular complexity index is 380. The number of amides is 1. The van der Waals surface area contributed by atoms with Crippen LogP contribution in [0, 0.1) is 0 Å². The van der Waals surface area contributed by atoms with E-state index in [4.69, 9.17) is 14.9 Å². The van der Waals surface area contributed by atoms with Gasteiger partial charge in [0.1, 0.15) is 6.61 Å². The molecule has 3 N–H and O–H groups in total. The lowest BCUT2D eigenvalue weighted by Crippen LogP contribution is -2.28. The molecule has 0 aliphatic carbocycles. The zero-order valence-corrected chi connectivity index (χ0v) is 9.76. The van der Waals surface area contributed by atoms with E-state index < -0.39 is 11.9 Å². The summed E-state index contributed by atoms with van der Waals surface area (Å²) in [5.74, 6) is -1.13. The number of hydrogen-bond donors (Lipinski definition) is 3. The van der Waals surface area contributed by atoms with Gasteiger partial charge in [-0.05, 0) is 12.1 Å². The largest absolute Gasteiger partial charge is 0.460 e.